The van der Waals surface area contributed by atoms with Gasteiger partial charge in [0.15, 0.2) is 0 Å². The minimum Gasteiger partial charge on any atom is -0.457 e. The number of benzene rings is 3. The Morgan fingerprint density at radius 1 is 0.871 bits per heavy atom. The Bertz CT molecular complexity index is 1200. The van der Waals surface area contributed by atoms with Gasteiger partial charge < -0.3 is 9.30 Å². The molecule has 1 aromatic heterocycles. The molecule has 156 valence electrons. The van der Waals surface area contributed by atoms with Crippen LogP contribution in [0.3, 0.4) is 0 Å². The zero-order chi connectivity index (χ0) is 21.6. The quantitative estimate of drug-likeness (QED) is 0.469. The Balaban J connectivity index is 1.35. The highest BCUT2D eigenvalue weighted by molar-refractivity contribution is 5.95. The van der Waals surface area contributed by atoms with Crippen molar-refractivity contribution in [2.45, 2.75) is 19.9 Å². The van der Waals surface area contributed by atoms with Gasteiger partial charge in [-0.15, -0.1) is 0 Å². The van der Waals surface area contributed by atoms with Crippen LogP contribution in [0.15, 0.2) is 78.9 Å². The van der Waals surface area contributed by atoms with E-state index in [1.165, 1.54) is 0 Å². The van der Waals surface area contributed by atoms with Gasteiger partial charge in [-0.25, -0.2) is 4.98 Å². The third-order valence-corrected chi connectivity index (χ3v) is 4.76. The molecule has 4 aromatic rings. The number of hydrogen-bond donors (Lipinski definition) is 2. The monoisotopic (exact) mass is 414 g/mol. The third kappa shape index (κ3) is 4.72. The zero-order valence-electron chi connectivity index (χ0n) is 17.0. The highest BCUT2D eigenvalue weighted by atomic mass is 16.5. The van der Waals surface area contributed by atoms with E-state index in [0.717, 1.165) is 16.9 Å². The van der Waals surface area contributed by atoms with Crippen molar-refractivity contribution < 1.29 is 14.3 Å². The van der Waals surface area contributed by atoms with Gasteiger partial charge in [0.1, 0.15) is 23.9 Å². The Morgan fingerprint density at radius 2 is 1.55 bits per heavy atom. The number of amides is 2. The van der Waals surface area contributed by atoms with Crippen LogP contribution < -0.4 is 15.6 Å². The topological polar surface area (TPSA) is 85.3 Å². The molecule has 0 aliphatic rings. The molecule has 7 nitrogen and oxygen atoms in total. The van der Waals surface area contributed by atoms with Gasteiger partial charge in [-0.3, -0.25) is 20.4 Å². The van der Waals surface area contributed by atoms with Crippen molar-refractivity contribution in [2.75, 3.05) is 0 Å². The molecule has 0 saturated heterocycles. The molecule has 3 aromatic carbocycles. The molecule has 0 fully saturated rings. The second-order valence-electron chi connectivity index (χ2n) is 6.90. The first-order chi connectivity index (χ1) is 15.1. The Hall–Kier alpha value is -4.13. The standard InChI is InChI=1S/C24H22N4O3/c1-2-22-25-20-10-6-7-11-21(20)28(22)16-23(29)26-27-24(30)17-12-14-19(15-13-17)31-18-8-4-3-5-9-18/h3-15H,2,16H2,1H3,(H,26,29)(H,27,30). The molecule has 4 rings (SSSR count). The molecular formula is C24H22N4O3. The minimum absolute atomic E-state index is 0.0633. The van der Waals surface area contributed by atoms with Crippen LogP contribution in [0, 0.1) is 0 Å². The Kier molecular flexibility index (Phi) is 5.93. The second kappa shape index (κ2) is 9.13. The van der Waals surface area contributed by atoms with Crippen LogP contribution in [0.4, 0.5) is 0 Å². The van der Waals surface area contributed by atoms with Crippen molar-refractivity contribution in [2.24, 2.45) is 0 Å². The molecule has 0 spiro atoms. The number of rotatable bonds is 6. The molecule has 0 aliphatic heterocycles. The van der Waals surface area contributed by atoms with E-state index in [1.807, 2.05) is 66.1 Å². The van der Waals surface area contributed by atoms with Gasteiger partial charge in [-0.1, -0.05) is 37.3 Å². The van der Waals surface area contributed by atoms with E-state index in [1.54, 1.807) is 24.3 Å². The van der Waals surface area contributed by atoms with Gasteiger partial charge in [0.25, 0.3) is 11.8 Å². The van der Waals surface area contributed by atoms with Crippen molar-refractivity contribution in [1.82, 2.24) is 20.4 Å². The van der Waals surface area contributed by atoms with Crippen LogP contribution in [0.5, 0.6) is 11.5 Å². The van der Waals surface area contributed by atoms with Crippen LogP contribution in [-0.4, -0.2) is 21.4 Å². The number of hydrogen-bond acceptors (Lipinski definition) is 4. The molecule has 0 radical (unpaired) electrons. The van der Waals surface area contributed by atoms with Crippen molar-refractivity contribution in [1.29, 1.82) is 0 Å². The smallest absolute Gasteiger partial charge is 0.269 e. The van der Waals surface area contributed by atoms with Gasteiger partial charge in [-0.2, -0.15) is 0 Å². The van der Waals surface area contributed by atoms with Crippen molar-refractivity contribution in [3.63, 3.8) is 0 Å². The lowest BCUT2D eigenvalue weighted by Gasteiger charge is -2.11. The molecular weight excluding hydrogens is 392 g/mol. The predicted molar refractivity (Wildman–Crippen MR) is 118 cm³/mol. The summed E-state index contributed by atoms with van der Waals surface area (Å²) in [5, 5.41) is 0. The van der Waals surface area contributed by atoms with Crippen LogP contribution in [0.1, 0.15) is 23.1 Å². The van der Waals surface area contributed by atoms with Crippen molar-refractivity contribution >= 4 is 22.8 Å². The highest BCUT2D eigenvalue weighted by Gasteiger charge is 2.13. The van der Waals surface area contributed by atoms with Gasteiger partial charge in [0.05, 0.1) is 11.0 Å². The molecule has 0 bridgehead atoms. The molecule has 0 unspecified atom stereocenters. The maximum absolute atomic E-state index is 12.4. The van der Waals surface area contributed by atoms with E-state index in [0.29, 0.717) is 23.5 Å². The minimum atomic E-state index is -0.411. The van der Waals surface area contributed by atoms with Crippen LogP contribution in [0.25, 0.3) is 11.0 Å². The third-order valence-electron chi connectivity index (χ3n) is 4.76. The average molecular weight is 414 g/mol. The fourth-order valence-electron chi connectivity index (χ4n) is 3.25. The average Bonchev–Trinajstić information content (AvgIpc) is 3.16. The van der Waals surface area contributed by atoms with Crippen molar-refractivity contribution in [3.8, 4) is 11.5 Å². The number of para-hydroxylation sites is 3. The lowest BCUT2D eigenvalue weighted by molar-refractivity contribution is -0.122. The molecule has 0 atom stereocenters. The lowest BCUT2D eigenvalue weighted by Crippen LogP contribution is -2.43. The van der Waals surface area contributed by atoms with Gasteiger partial charge >= 0.3 is 0 Å². The maximum atomic E-state index is 12.4. The largest absolute Gasteiger partial charge is 0.457 e. The number of carbonyl (C=O) groups is 2. The van der Waals surface area contributed by atoms with E-state index in [4.69, 9.17) is 4.74 Å². The summed E-state index contributed by atoms with van der Waals surface area (Å²) < 4.78 is 7.57. The molecule has 31 heavy (non-hydrogen) atoms. The van der Waals surface area contributed by atoms with Gasteiger partial charge in [0, 0.05) is 12.0 Å². The number of aromatic nitrogens is 2. The SMILES string of the molecule is CCc1nc2ccccc2n1CC(=O)NNC(=O)c1ccc(Oc2ccccc2)cc1. The number of carbonyl (C=O) groups excluding carboxylic acids is 2. The van der Waals surface area contributed by atoms with Gasteiger partial charge in [-0.05, 0) is 48.5 Å². The number of nitrogens with one attached hydrogen (secondary N) is 2. The zero-order valence-corrected chi connectivity index (χ0v) is 17.0. The highest BCUT2D eigenvalue weighted by Crippen LogP contribution is 2.21. The Labute approximate surface area is 179 Å². The molecule has 2 N–H and O–H groups in total. The summed E-state index contributed by atoms with van der Waals surface area (Å²) in [5.41, 5.74) is 7.06. The van der Waals surface area contributed by atoms with Crippen molar-refractivity contribution in [3.05, 3.63) is 90.3 Å². The summed E-state index contributed by atoms with van der Waals surface area (Å²) in [4.78, 5) is 29.3. The molecule has 1 heterocycles. The van der Waals surface area contributed by atoms with E-state index in [2.05, 4.69) is 15.8 Å². The number of ether oxygens (including phenoxy) is 1. The molecule has 7 heteroatoms. The fraction of sp³-hybridized carbons (Fsp3) is 0.125. The normalized spacial score (nSPS) is 10.6. The number of nitrogens with zero attached hydrogens (tertiary/aromatic N) is 2. The van der Waals surface area contributed by atoms with Crippen LogP contribution in [0.2, 0.25) is 0 Å². The first-order valence-corrected chi connectivity index (χ1v) is 10.0. The van der Waals surface area contributed by atoms with E-state index in [-0.39, 0.29) is 12.5 Å². The summed E-state index contributed by atoms with van der Waals surface area (Å²) in [6.07, 6.45) is 0.700. The van der Waals surface area contributed by atoms with E-state index < -0.39 is 5.91 Å². The second-order valence-corrected chi connectivity index (χ2v) is 6.90. The Morgan fingerprint density at radius 3 is 2.29 bits per heavy atom. The van der Waals surface area contributed by atoms with Gasteiger partial charge in [0.2, 0.25) is 0 Å². The van der Waals surface area contributed by atoms with Crippen LogP contribution in [-0.2, 0) is 17.8 Å². The number of hydrazine groups is 1. The predicted octanol–water partition coefficient (Wildman–Crippen LogP) is 3.85. The molecule has 0 saturated carbocycles. The number of fused-ring (bicyclic) bond motifs is 1. The number of aryl methyl sites for hydroxylation is 1. The number of imidazole rings is 1. The first kappa shape index (κ1) is 20.2. The van der Waals surface area contributed by atoms with E-state index in [9.17, 15) is 9.59 Å². The summed E-state index contributed by atoms with van der Waals surface area (Å²) >= 11 is 0. The summed E-state index contributed by atoms with van der Waals surface area (Å²) in [5.74, 6) is 1.40. The maximum Gasteiger partial charge on any atom is 0.269 e. The van der Waals surface area contributed by atoms with E-state index >= 15 is 0 Å². The summed E-state index contributed by atoms with van der Waals surface area (Å²) in [6, 6.07) is 23.7. The van der Waals surface area contributed by atoms with Crippen LogP contribution >= 0.6 is 0 Å². The molecule has 0 aliphatic carbocycles. The molecule has 2 amide bonds. The fourth-order valence-corrected chi connectivity index (χ4v) is 3.25. The first-order valence-electron chi connectivity index (χ1n) is 10.0. The lowest BCUT2D eigenvalue weighted by atomic mass is 10.2. The summed E-state index contributed by atoms with van der Waals surface area (Å²) in [7, 11) is 0. The summed E-state index contributed by atoms with van der Waals surface area (Å²) in [6.45, 7) is 2.05.